The molecule has 7 heteroatoms. The number of aromatic nitrogens is 3. The number of aryl methyl sites for hydroxylation is 2. The summed E-state index contributed by atoms with van der Waals surface area (Å²) in [6.07, 6.45) is 2.51. The van der Waals surface area contributed by atoms with Crippen LogP contribution in [-0.2, 0) is 18.3 Å². The van der Waals surface area contributed by atoms with E-state index in [2.05, 4.69) is 10.4 Å². The van der Waals surface area contributed by atoms with Gasteiger partial charge in [0.25, 0.3) is 5.91 Å². The third-order valence-corrected chi connectivity index (χ3v) is 6.48. The minimum Gasteiger partial charge on any atom is -0.322 e. The molecule has 2 aromatic carbocycles. The second-order valence-corrected chi connectivity index (χ2v) is 9.08. The minimum atomic E-state index is -0.180. The normalized spacial score (nSPS) is 13.1. The molecule has 1 aliphatic carbocycles. The summed E-state index contributed by atoms with van der Waals surface area (Å²) in [6.45, 7) is 4.48. The van der Waals surface area contributed by atoms with E-state index in [9.17, 15) is 9.59 Å². The molecule has 0 saturated heterocycles. The monoisotopic (exact) mass is 467 g/mol. The van der Waals surface area contributed by atoms with Crippen LogP contribution in [0.4, 0.5) is 11.4 Å². The van der Waals surface area contributed by atoms with Gasteiger partial charge in [0.15, 0.2) is 5.65 Å². The van der Waals surface area contributed by atoms with E-state index in [0.717, 1.165) is 46.5 Å². The number of rotatable bonds is 7. The summed E-state index contributed by atoms with van der Waals surface area (Å²) in [5, 5.41) is 8.29. The SMILES string of the molecule is CCN(C(=O)Cc1ccc(NC(=O)c2cc(C3CC3)nc3c2c(C)nn3C)cc1)c1ccccc1. The first-order valence-electron chi connectivity index (χ1n) is 12.0. The molecular formula is C28H29N5O2. The highest BCUT2D eigenvalue weighted by molar-refractivity contribution is 6.12. The molecule has 35 heavy (non-hydrogen) atoms. The number of carbonyl (C=O) groups excluding carboxylic acids is 2. The van der Waals surface area contributed by atoms with E-state index in [-0.39, 0.29) is 11.8 Å². The fourth-order valence-corrected chi connectivity index (χ4v) is 4.52. The van der Waals surface area contributed by atoms with Crippen molar-refractivity contribution in [3.63, 3.8) is 0 Å². The Morgan fingerprint density at radius 2 is 1.80 bits per heavy atom. The highest BCUT2D eigenvalue weighted by atomic mass is 16.2. The van der Waals surface area contributed by atoms with Crippen LogP contribution in [0.3, 0.4) is 0 Å². The van der Waals surface area contributed by atoms with E-state index in [1.165, 1.54) is 0 Å². The molecule has 2 aromatic heterocycles. The first-order chi connectivity index (χ1) is 16.9. The predicted octanol–water partition coefficient (Wildman–Crippen LogP) is 5.00. The van der Waals surface area contributed by atoms with Crippen LogP contribution in [0, 0.1) is 6.92 Å². The summed E-state index contributed by atoms with van der Waals surface area (Å²) in [4.78, 5) is 32.7. The Bertz CT molecular complexity index is 1390. The first-order valence-corrected chi connectivity index (χ1v) is 12.0. The fourth-order valence-electron chi connectivity index (χ4n) is 4.52. The van der Waals surface area contributed by atoms with Crippen molar-refractivity contribution in [3.05, 3.63) is 83.2 Å². The van der Waals surface area contributed by atoms with Crippen LogP contribution in [0.15, 0.2) is 60.7 Å². The molecule has 0 aliphatic heterocycles. The Balaban J connectivity index is 1.32. The van der Waals surface area contributed by atoms with E-state index in [1.54, 1.807) is 9.58 Å². The number of hydrogen-bond donors (Lipinski definition) is 1. The van der Waals surface area contributed by atoms with Crippen molar-refractivity contribution >= 4 is 34.2 Å². The minimum absolute atomic E-state index is 0.0364. The summed E-state index contributed by atoms with van der Waals surface area (Å²) in [5.41, 5.74) is 5.55. The Labute approximate surface area is 204 Å². The lowest BCUT2D eigenvalue weighted by Gasteiger charge is -2.21. The third-order valence-electron chi connectivity index (χ3n) is 6.48. The average molecular weight is 468 g/mol. The largest absolute Gasteiger partial charge is 0.322 e. The van der Waals surface area contributed by atoms with Crippen LogP contribution in [0.5, 0.6) is 0 Å². The van der Waals surface area contributed by atoms with Crippen LogP contribution in [-0.4, -0.2) is 33.1 Å². The van der Waals surface area contributed by atoms with Gasteiger partial charge in [-0.2, -0.15) is 5.10 Å². The number of para-hydroxylation sites is 1. The van der Waals surface area contributed by atoms with Gasteiger partial charge < -0.3 is 10.2 Å². The molecule has 0 spiro atoms. The second kappa shape index (κ2) is 9.33. The number of pyridine rings is 1. The quantitative estimate of drug-likeness (QED) is 0.415. The van der Waals surface area contributed by atoms with Crippen LogP contribution >= 0.6 is 0 Å². The van der Waals surface area contributed by atoms with Gasteiger partial charge in [0.1, 0.15) is 0 Å². The van der Waals surface area contributed by atoms with Gasteiger partial charge in [-0.05, 0) is 62.6 Å². The zero-order valence-electron chi connectivity index (χ0n) is 20.3. The van der Waals surface area contributed by atoms with Crippen molar-refractivity contribution in [2.75, 3.05) is 16.8 Å². The number of amides is 2. The van der Waals surface area contributed by atoms with Crippen LogP contribution in [0.1, 0.15) is 53.0 Å². The fraction of sp³-hybridized carbons (Fsp3) is 0.286. The molecule has 1 fully saturated rings. The van der Waals surface area contributed by atoms with Crippen molar-refractivity contribution in [1.82, 2.24) is 14.8 Å². The number of nitrogens with zero attached hydrogens (tertiary/aromatic N) is 4. The Kier molecular flexibility index (Phi) is 6.07. The number of hydrogen-bond acceptors (Lipinski definition) is 4. The first kappa shape index (κ1) is 22.8. The molecular weight excluding hydrogens is 438 g/mol. The molecule has 1 aliphatic rings. The highest BCUT2D eigenvalue weighted by Crippen LogP contribution is 2.40. The number of anilines is 2. The summed E-state index contributed by atoms with van der Waals surface area (Å²) in [5.74, 6) is 0.284. The standard InChI is InChI=1S/C28H29N5O2/c1-4-33(22-8-6-5-7-9-22)25(34)16-19-10-14-21(15-11-19)29-28(35)23-17-24(20-12-13-20)30-27-26(23)18(2)31-32(27)3/h5-11,14-15,17,20H,4,12-13,16H2,1-3H3,(H,29,35). The Morgan fingerprint density at radius 1 is 1.09 bits per heavy atom. The van der Waals surface area contributed by atoms with Crippen LogP contribution in [0.2, 0.25) is 0 Å². The number of nitrogens with one attached hydrogen (secondary N) is 1. The Hall–Kier alpha value is -4.00. The number of fused-ring (bicyclic) bond motifs is 1. The average Bonchev–Trinajstić information content (AvgIpc) is 3.67. The molecule has 2 amide bonds. The van der Waals surface area contributed by atoms with E-state index in [1.807, 2.05) is 81.6 Å². The van der Waals surface area contributed by atoms with Crippen LogP contribution < -0.4 is 10.2 Å². The maximum atomic E-state index is 13.3. The summed E-state index contributed by atoms with van der Waals surface area (Å²) < 4.78 is 1.74. The maximum Gasteiger partial charge on any atom is 0.256 e. The summed E-state index contributed by atoms with van der Waals surface area (Å²) in [7, 11) is 1.86. The summed E-state index contributed by atoms with van der Waals surface area (Å²) in [6, 6.07) is 19.1. The van der Waals surface area contributed by atoms with Gasteiger partial charge in [-0.1, -0.05) is 30.3 Å². The van der Waals surface area contributed by atoms with E-state index in [0.29, 0.717) is 30.1 Å². The molecule has 1 saturated carbocycles. The zero-order valence-corrected chi connectivity index (χ0v) is 20.3. The van der Waals surface area contributed by atoms with E-state index in [4.69, 9.17) is 4.98 Å². The smallest absolute Gasteiger partial charge is 0.256 e. The van der Waals surface area contributed by atoms with Gasteiger partial charge in [0, 0.05) is 36.6 Å². The molecule has 0 radical (unpaired) electrons. The maximum absolute atomic E-state index is 13.3. The van der Waals surface area contributed by atoms with Gasteiger partial charge >= 0.3 is 0 Å². The lowest BCUT2D eigenvalue weighted by molar-refractivity contribution is -0.117. The van der Waals surface area contributed by atoms with E-state index >= 15 is 0 Å². The van der Waals surface area contributed by atoms with E-state index < -0.39 is 0 Å². The Morgan fingerprint density at radius 3 is 2.46 bits per heavy atom. The number of benzene rings is 2. The van der Waals surface area contributed by atoms with Gasteiger partial charge in [-0.3, -0.25) is 14.3 Å². The lowest BCUT2D eigenvalue weighted by Crippen LogP contribution is -2.31. The van der Waals surface area contributed by atoms with Gasteiger partial charge in [-0.15, -0.1) is 0 Å². The molecule has 2 heterocycles. The number of likely N-dealkylation sites (N-methyl/N-ethyl adjacent to an activating group) is 1. The molecule has 4 aromatic rings. The van der Waals surface area contributed by atoms with Gasteiger partial charge in [0.2, 0.25) is 5.91 Å². The third kappa shape index (κ3) is 4.67. The molecule has 0 bridgehead atoms. The van der Waals surface area contributed by atoms with Crippen molar-refractivity contribution in [3.8, 4) is 0 Å². The molecule has 0 atom stereocenters. The van der Waals surface area contributed by atoms with Crippen molar-refractivity contribution < 1.29 is 9.59 Å². The predicted molar refractivity (Wildman–Crippen MR) is 138 cm³/mol. The molecule has 1 N–H and O–H groups in total. The topological polar surface area (TPSA) is 80.1 Å². The van der Waals surface area contributed by atoms with Crippen molar-refractivity contribution in [2.24, 2.45) is 7.05 Å². The molecule has 178 valence electrons. The van der Waals surface area contributed by atoms with Gasteiger partial charge in [0.05, 0.1) is 23.1 Å². The van der Waals surface area contributed by atoms with Crippen LogP contribution in [0.25, 0.3) is 11.0 Å². The second-order valence-electron chi connectivity index (χ2n) is 9.08. The lowest BCUT2D eigenvalue weighted by atomic mass is 10.1. The molecule has 7 nitrogen and oxygen atoms in total. The molecule has 0 unspecified atom stereocenters. The summed E-state index contributed by atoms with van der Waals surface area (Å²) >= 11 is 0. The van der Waals surface area contributed by atoms with Gasteiger partial charge in [-0.25, -0.2) is 4.98 Å². The number of carbonyl (C=O) groups is 2. The zero-order chi connectivity index (χ0) is 24.5. The molecule has 5 rings (SSSR count). The van der Waals surface area contributed by atoms with Crippen molar-refractivity contribution in [2.45, 2.75) is 39.0 Å². The highest BCUT2D eigenvalue weighted by Gasteiger charge is 2.28. The van der Waals surface area contributed by atoms with Crippen molar-refractivity contribution in [1.29, 1.82) is 0 Å².